The van der Waals surface area contributed by atoms with Gasteiger partial charge in [-0.1, -0.05) is 41.9 Å². The minimum absolute atomic E-state index is 0.367. The number of fused-ring (bicyclic) bond motifs is 1. The number of aliphatic carboxylic acids is 1. The van der Waals surface area contributed by atoms with Crippen LogP contribution in [0.3, 0.4) is 0 Å². The number of carboxylic acids is 1. The van der Waals surface area contributed by atoms with Crippen LogP contribution in [0.5, 0.6) is 11.5 Å². The summed E-state index contributed by atoms with van der Waals surface area (Å²) in [6, 6.07) is 14.7. The molecule has 6 heteroatoms. The van der Waals surface area contributed by atoms with Crippen LogP contribution in [0.2, 0.25) is 5.02 Å². The predicted molar refractivity (Wildman–Crippen MR) is 103 cm³/mol. The van der Waals surface area contributed by atoms with Gasteiger partial charge in [0.1, 0.15) is 11.5 Å². The van der Waals surface area contributed by atoms with Gasteiger partial charge in [-0.2, -0.15) is 0 Å². The number of halogens is 1. The van der Waals surface area contributed by atoms with E-state index >= 15 is 0 Å². The molecule has 0 amide bonds. The van der Waals surface area contributed by atoms with Crippen LogP contribution in [0.4, 0.5) is 0 Å². The molecular formula is C21H17ClO5. The molecule has 0 bridgehead atoms. The monoisotopic (exact) mass is 384 g/mol. The van der Waals surface area contributed by atoms with Gasteiger partial charge in [0.15, 0.2) is 12.9 Å². The maximum absolute atomic E-state index is 11.4. The molecule has 0 radical (unpaired) electrons. The average Bonchev–Trinajstić information content (AvgIpc) is 2.66. The van der Waals surface area contributed by atoms with Crippen LogP contribution >= 0.6 is 11.6 Å². The second-order valence-corrected chi connectivity index (χ2v) is 6.34. The Kier molecular flexibility index (Phi) is 5.62. The minimum Gasteiger partial charge on any atom is -0.496 e. The molecule has 3 rings (SSSR count). The van der Waals surface area contributed by atoms with E-state index in [1.54, 1.807) is 12.1 Å². The number of rotatable bonds is 7. The predicted octanol–water partition coefficient (Wildman–Crippen LogP) is 4.37. The van der Waals surface area contributed by atoms with E-state index in [0.717, 1.165) is 16.3 Å². The highest BCUT2D eigenvalue weighted by Crippen LogP contribution is 2.34. The van der Waals surface area contributed by atoms with Crippen molar-refractivity contribution in [2.45, 2.75) is 6.42 Å². The lowest BCUT2D eigenvalue weighted by Gasteiger charge is -2.16. The maximum atomic E-state index is 11.4. The number of carbonyl (C=O) groups excluding carboxylic acids is 1. The Morgan fingerprint density at radius 1 is 1.19 bits per heavy atom. The third kappa shape index (κ3) is 4.04. The topological polar surface area (TPSA) is 72.8 Å². The number of methoxy groups -OCH3 is 1. The van der Waals surface area contributed by atoms with Crippen LogP contribution in [0.15, 0.2) is 48.5 Å². The summed E-state index contributed by atoms with van der Waals surface area (Å²) in [5.74, 6) is -0.343. The number of carbonyl (C=O) groups is 2. The molecule has 0 fully saturated rings. The maximum Gasteiger partial charge on any atom is 0.341 e. The van der Waals surface area contributed by atoms with Crippen molar-refractivity contribution in [3.8, 4) is 11.5 Å². The second kappa shape index (κ2) is 8.10. The minimum atomic E-state index is -1.08. The van der Waals surface area contributed by atoms with Gasteiger partial charge in [0.25, 0.3) is 0 Å². The van der Waals surface area contributed by atoms with E-state index in [-0.39, 0.29) is 0 Å². The Balaban J connectivity index is 2.05. The highest BCUT2D eigenvalue weighted by atomic mass is 35.5. The van der Waals surface area contributed by atoms with E-state index in [2.05, 4.69) is 0 Å². The van der Waals surface area contributed by atoms with Crippen molar-refractivity contribution < 1.29 is 24.2 Å². The molecule has 0 heterocycles. The Morgan fingerprint density at radius 3 is 2.70 bits per heavy atom. The van der Waals surface area contributed by atoms with Gasteiger partial charge in [-0.25, -0.2) is 4.79 Å². The average molecular weight is 385 g/mol. The zero-order chi connectivity index (χ0) is 19.4. The molecule has 0 spiro atoms. The van der Waals surface area contributed by atoms with Gasteiger partial charge in [-0.05, 0) is 29.1 Å². The van der Waals surface area contributed by atoms with Gasteiger partial charge in [-0.15, -0.1) is 0 Å². The van der Waals surface area contributed by atoms with Crippen LogP contribution in [0.25, 0.3) is 10.8 Å². The summed E-state index contributed by atoms with van der Waals surface area (Å²) in [6.07, 6.45) is 1.10. The molecule has 0 atom stereocenters. The van der Waals surface area contributed by atoms with Gasteiger partial charge in [0.2, 0.25) is 0 Å². The van der Waals surface area contributed by atoms with Crippen molar-refractivity contribution >= 4 is 34.6 Å². The lowest BCUT2D eigenvalue weighted by molar-refractivity contribution is -0.139. The lowest BCUT2D eigenvalue weighted by Crippen LogP contribution is -2.11. The molecule has 0 saturated carbocycles. The Hall–Kier alpha value is -3.05. The van der Waals surface area contributed by atoms with Gasteiger partial charge >= 0.3 is 5.97 Å². The molecule has 0 aliphatic heterocycles. The smallest absolute Gasteiger partial charge is 0.341 e. The quantitative estimate of drug-likeness (QED) is 0.612. The molecular weight excluding hydrogens is 368 g/mol. The zero-order valence-corrected chi connectivity index (χ0v) is 15.3. The third-order valence-corrected chi connectivity index (χ3v) is 4.53. The number of hydrogen-bond donors (Lipinski definition) is 1. The molecule has 0 aliphatic rings. The lowest BCUT2D eigenvalue weighted by atomic mass is 9.98. The van der Waals surface area contributed by atoms with Gasteiger partial charge in [-0.3, -0.25) is 4.79 Å². The number of hydrogen-bond acceptors (Lipinski definition) is 4. The van der Waals surface area contributed by atoms with E-state index in [4.69, 9.17) is 26.2 Å². The summed E-state index contributed by atoms with van der Waals surface area (Å²) in [6.45, 7) is -0.482. The highest BCUT2D eigenvalue weighted by Gasteiger charge is 2.17. The molecule has 3 aromatic rings. The zero-order valence-electron chi connectivity index (χ0n) is 14.6. The first-order valence-corrected chi connectivity index (χ1v) is 8.58. The standard InChI is InChI=1S/C21H17ClO5/c1-26-21-15(11-23)6-8-19(27-12-20(24)25)17(21)10-13-5-7-16-14(9-13)3-2-4-18(16)22/h2-9,11H,10,12H2,1H3,(H,24,25). The van der Waals surface area contributed by atoms with Crippen molar-refractivity contribution in [1.82, 2.24) is 0 Å². The van der Waals surface area contributed by atoms with Crippen LogP contribution in [-0.4, -0.2) is 31.1 Å². The van der Waals surface area contributed by atoms with Crippen LogP contribution in [-0.2, 0) is 11.2 Å². The van der Waals surface area contributed by atoms with Gasteiger partial charge in [0.05, 0.1) is 12.7 Å². The Labute approximate surface area is 161 Å². The number of aldehydes is 1. The summed E-state index contributed by atoms with van der Waals surface area (Å²) in [7, 11) is 1.47. The fourth-order valence-electron chi connectivity index (χ4n) is 3.01. The van der Waals surface area contributed by atoms with E-state index in [9.17, 15) is 9.59 Å². The van der Waals surface area contributed by atoms with E-state index in [1.165, 1.54) is 7.11 Å². The van der Waals surface area contributed by atoms with E-state index in [0.29, 0.717) is 40.4 Å². The summed E-state index contributed by atoms with van der Waals surface area (Å²) < 4.78 is 10.8. The Morgan fingerprint density at radius 2 is 2.00 bits per heavy atom. The molecule has 0 aliphatic carbocycles. The molecule has 27 heavy (non-hydrogen) atoms. The molecule has 0 saturated heterocycles. The van der Waals surface area contributed by atoms with Crippen molar-refractivity contribution in [3.05, 3.63) is 70.2 Å². The first-order valence-electron chi connectivity index (χ1n) is 8.20. The summed E-state index contributed by atoms with van der Waals surface area (Å²) in [5.41, 5.74) is 1.94. The molecule has 0 unspecified atom stereocenters. The fourth-order valence-corrected chi connectivity index (χ4v) is 3.26. The number of benzene rings is 3. The van der Waals surface area contributed by atoms with Crippen LogP contribution in [0, 0.1) is 0 Å². The van der Waals surface area contributed by atoms with Crippen molar-refractivity contribution in [3.63, 3.8) is 0 Å². The van der Waals surface area contributed by atoms with Crippen LogP contribution in [0.1, 0.15) is 21.5 Å². The fraction of sp³-hybridized carbons (Fsp3) is 0.143. The second-order valence-electron chi connectivity index (χ2n) is 5.94. The third-order valence-electron chi connectivity index (χ3n) is 4.20. The number of ether oxygens (including phenoxy) is 2. The van der Waals surface area contributed by atoms with Gasteiger partial charge in [0, 0.05) is 22.4 Å². The molecule has 0 aromatic heterocycles. The van der Waals surface area contributed by atoms with Crippen molar-refractivity contribution in [1.29, 1.82) is 0 Å². The van der Waals surface area contributed by atoms with Crippen molar-refractivity contribution in [2.24, 2.45) is 0 Å². The molecule has 5 nitrogen and oxygen atoms in total. The largest absolute Gasteiger partial charge is 0.496 e. The molecule has 3 aromatic carbocycles. The van der Waals surface area contributed by atoms with E-state index in [1.807, 2.05) is 36.4 Å². The first-order chi connectivity index (χ1) is 13.0. The van der Waals surface area contributed by atoms with Crippen LogP contribution < -0.4 is 9.47 Å². The molecule has 138 valence electrons. The summed E-state index contributed by atoms with van der Waals surface area (Å²) in [4.78, 5) is 22.2. The highest BCUT2D eigenvalue weighted by molar-refractivity contribution is 6.35. The SMILES string of the molecule is COc1c(C=O)ccc(OCC(=O)O)c1Cc1ccc2c(Cl)cccc2c1. The number of carboxylic acid groups (broad SMARTS) is 1. The summed E-state index contributed by atoms with van der Waals surface area (Å²) >= 11 is 6.22. The van der Waals surface area contributed by atoms with Crippen molar-refractivity contribution in [2.75, 3.05) is 13.7 Å². The van der Waals surface area contributed by atoms with E-state index < -0.39 is 12.6 Å². The molecule has 1 N–H and O–H groups in total. The summed E-state index contributed by atoms with van der Waals surface area (Å²) in [5, 5.41) is 11.5. The Bertz CT molecular complexity index is 1010. The van der Waals surface area contributed by atoms with Gasteiger partial charge < -0.3 is 14.6 Å². The first kappa shape index (κ1) is 18.7. The normalized spacial score (nSPS) is 10.6.